The van der Waals surface area contributed by atoms with E-state index in [1.807, 2.05) is 0 Å². The number of aliphatic carboxylic acids is 1. The zero-order chi connectivity index (χ0) is 15.1. The van der Waals surface area contributed by atoms with Crippen LogP contribution in [0.2, 0.25) is 0 Å². The molecule has 0 amide bonds. The van der Waals surface area contributed by atoms with Gasteiger partial charge in [-0.1, -0.05) is 17.3 Å². The molecule has 5 nitrogen and oxygen atoms in total. The van der Waals surface area contributed by atoms with Gasteiger partial charge in [0.15, 0.2) is 5.82 Å². The molecule has 1 aromatic heterocycles. The van der Waals surface area contributed by atoms with Crippen LogP contribution >= 0.6 is 11.8 Å². The molecule has 112 valence electrons. The largest absolute Gasteiger partial charge is 0.481 e. The van der Waals surface area contributed by atoms with Crippen molar-refractivity contribution in [1.82, 2.24) is 10.1 Å². The van der Waals surface area contributed by atoms with E-state index in [-0.39, 0.29) is 12.2 Å². The number of carboxylic acid groups (broad SMARTS) is 1. The molecule has 1 N–H and O–H groups in total. The fraction of sp³-hybridized carbons (Fsp3) is 0.357. The van der Waals surface area contributed by atoms with E-state index in [1.165, 1.54) is 17.8 Å². The third kappa shape index (κ3) is 5.18. The first-order chi connectivity index (χ1) is 10.1. The fourth-order valence-electron chi connectivity index (χ4n) is 1.71. The molecule has 0 aliphatic rings. The molecule has 0 aliphatic carbocycles. The van der Waals surface area contributed by atoms with E-state index in [0.29, 0.717) is 41.6 Å². The topological polar surface area (TPSA) is 76.2 Å². The number of rotatable bonds is 8. The number of unbranched alkanes of at least 4 members (excludes halogenated alkanes) is 1. The van der Waals surface area contributed by atoms with Gasteiger partial charge >= 0.3 is 5.97 Å². The van der Waals surface area contributed by atoms with Crippen molar-refractivity contribution in [2.75, 3.05) is 0 Å². The summed E-state index contributed by atoms with van der Waals surface area (Å²) in [4.78, 5) is 15.1. The number of aryl methyl sites for hydroxylation is 1. The van der Waals surface area contributed by atoms with Gasteiger partial charge in [0.05, 0.1) is 5.75 Å². The lowest BCUT2D eigenvalue weighted by Gasteiger charge is -1.99. The highest BCUT2D eigenvalue weighted by Crippen LogP contribution is 2.24. The highest BCUT2D eigenvalue weighted by Gasteiger charge is 2.09. The molecule has 1 heterocycles. The number of nitrogens with zero attached hydrogens (tertiary/aromatic N) is 2. The van der Waals surface area contributed by atoms with Gasteiger partial charge in [0.2, 0.25) is 5.89 Å². The van der Waals surface area contributed by atoms with Crippen LogP contribution in [0.15, 0.2) is 33.7 Å². The molecule has 0 unspecified atom stereocenters. The zero-order valence-electron chi connectivity index (χ0n) is 11.3. The second-order valence-electron chi connectivity index (χ2n) is 4.42. The number of hydrogen-bond acceptors (Lipinski definition) is 5. The third-order valence-electron chi connectivity index (χ3n) is 2.73. The lowest BCUT2D eigenvalue weighted by Crippen LogP contribution is -1.95. The van der Waals surface area contributed by atoms with Crippen molar-refractivity contribution in [3.8, 4) is 0 Å². The Morgan fingerprint density at radius 1 is 1.33 bits per heavy atom. The minimum Gasteiger partial charge on any atom is -0.481 e. The van der Waals surface area contributed by atoms with Crippen LogP contribution in [-0.4, -0.2) is 21.2 Å². The third-order valence-corrected chi connectivity index (χ3v) is 3.78. The maximum absolute atomic E-state index is 13.4. The van der Waals surface area contributed by atoms with Crippen LogP contribution in [0.1, 0.15) is 31.0 Å². The lowest BCUT2D eigenvalue weighted by atomic mass is 10.2. The molecule has 0 aliphatic heterocycles. The van der Waals surface area contributed by atoms with Gasteiger partial charge < -0.3 is 9.63 Å². The maximum atomic E-state index is 13.4. The van der Waals surface area contributed by atoms with Crippen LogP contribution in [-0.2, 0) is 17.0 Å². The van der Waals surface area contributed by atoms with E-state index in [4.69, 9.17) is 9.63 Å². The van der Waals surface area contributed by atoms with Gasteiger partial charge in [0.1, 0.15) is 5.82 Å². The van der Waals surface area contributed by atoms with E-state index in [2.05, 4.69) is 10.1 Å². The van der Waals surface area contributed by atoms with Crippen LogP contribution in [0.4, 0.5) is 4.39 Å². The van der Waals surface area contributed by atoms with Crippen molar-refractivity contribution < 1.29 is 18.8 Å². The fourth-order valence-corrected chi connectivity index (χ4v) is 2.49. The van der Waals surface area contributed by atoms with Gasteiger partial charge in [-0.2, -0.15) is 4.98 Å². The molecule has 0 fully saturated rings. The molecule has 2 aromatic rings. The van der Waals surface area contributed by atoms with E-state index >= 15 is 0 Å². The summed E-state index contributed by atoms with van der Waals surface area (Å²) < 4.78 is 18.5. The molecule has 0 saturated heterocycles. The van der Waals surface area contributed by atoms with Gasteiger partial charge in [0.25, 0.3) is 0 Å². The predicted octanol–water partition coefficient (Wildman–Crippen LogP) is 3.30. The van der Waals surface area contributed by atoms with Crippen molar-refractivity contribution in [2.24, 2.45) is 0 Å². The van der Waals surface area contributed by atoms with E-state index in [1.54, 1.807) is 18.2 Å². The van der Waals surface area contributed by atoms with E-state index in [0.717, 1.165) is 0 Å². The van der Waals surface area contributed by atoms with E-state index in [9.17, 15) is 9.18 Å². The molecule has 0 atom stereocenters. The Morgan fingerprint density at radius 3 is 2.90 bits per heavy atom. The van der Waals surface area contributed by atoms with Crippen molar-refractivity contribution in [1.29, 1.82) is 0 Å². The number of hydrogen-bond donors (Lipinski definition) is 1. The summed E-state index contributed by atoms with van der Waals surface area (Å²) in [7, 11) is 0. The van der Waals surface area contributed by atoms with Crippen molar-refractivity contribution in [2.45, 2.75) is 36.3 Å². The average Bonchev–Trinajstić information content (AvgIpc) is 2.90. The SMILES string of the molecule is O=C(O)CCCCc1nc(CSc2ccccc2F)no1. The molecule has 1 aromatic carbocycles. The molecular weight excluding hydrogens is 295 g/mol. The number of carbonyl (C=O) groups is 1. The maximum Gasteiger partial charge on any atom is 0.303 e. The molecule has 0 bridgehead atoms. The van der Waals surface area contributed by atoms with E-state index < -0.39 is 5.97 Å². The van der Waals surface area contributed by atoms with Crippen LogP contribution in [0.25, 0.3) is 0 Å². The summed E-state index contributed by atoms with van der Waals surface area (Å²) in [5, 5.41) is 12.4. The quantitative estimate of drug-likeness (QED) is 0.595. The monoisotopic (exact) mass is 310 g/mol. The Labute approximate surface area is 125 Å². The normalized spacial score (nSPS) is 10.7. The standard InChI is InChI=1S/C14H15FN2O3S/c15-10-5-1-2-6-11(10)21-9-12-16-13(20-17-12)7-3-4-8-14(18)19/h1-2,5-6H,3-4,7-9H2,(H,18,19). The van der Waals surface area contributed by atoms with Crippen molar-refractivity contribution in [3.05, 3.63) is 41.8 Å². The summed E-state index contributed by atoms with van der Waals surface area (Å²) in [6.07, 6.45) is 1.97. The van der Waals surface area contributed by atoms with Crippen molar-refractivity contribution in [3.63, 3.8) is 0 Å². The Morgan fingerprint density at radius 2 is 2.14 bits per heavy atom. The minimum atomic E-state index is -0.803. The predicted molar refractivity (Wildman–Crippen MR) is 75.4 cm³/mol. The second kappa shape index (κ2) is 7.78. The van der Waals surface area contributed by atoms with Crippen LogP contribution < -0.4 is 0 Å². The van der Waals surface area contributed by atoms with Gasteiger partial charge in [-0.3, -0.25) is 4.79 Å². The van der Waals surface area contributed by atoms with Crippen molar-refractivity contribution >= 4 is 17.7 Å². The zero-order valence-corrected chi connectivity index (χ0v) is 12.1. The number of benzene rings is 1. The van der Waals surface area contributed by atoms with Gasteiger partial charge in [-0.05, 0) is 25.0 Å². The molecule has 7 heteroatoms. The molecule has 0 radical (unpaired) electrons. The highest BCUT2D eigenvalue weighted by atomic mass is 32.2. The average molecular weight is 310 g/mol. The first-order valence-electron chi connectivity index (χ1n) is 6.56. The van der Waals surface area contributed by atoms with Crippen LogP contribution in [0.5, 0.6) is 0 Å². The Hall–Kier alpha value is -1.89. The number of carboxylic acids is 1. The Bertz CT molecular complexity index is 603. The summed E-state index contributed by atoms with van der Waals surface area (Å²) in [5.74, 6) is 0.364. The summed E-state index contributed by atoms with van der Waals surface area (Å²) in [5.41, 5.74) is 0. The van der Waals surface area contributed by atoms with Gasteiger partial charge in [0, 0.05) is 17.7 Å². The van der Waals surface area contributed by atoms with Gasteiger partial charge in [-0.15, -0.1) is 11.8 Å². The van der Waals surface area contributed by atoms with Gasteiger partial charge in [-0.25, -0.2) is 4.39 Å². The number of thioether (sulfide) groups is 1. The summed E-state index contributed by atoms with van der Waals surface area (Å²) in [6, 6.07) is 6.53. The molecule has 21 heavy (non-hydrogen) atoms. The lowest BCUT2D eigenvalue weighted by molar-refractivity contribution is -0.137. The second-order valence-corrected chi connectivity index (χ2v) is 5.44. The minimum absolute atomic E-state index is 0.143. The molecule has 0 saturated carbocycles. The summed E-state index contributed by atoms with van der Waals surface area (Å²) >= 11 is 1.31. The number of halogens is 1. The molecule has 2 rings (SSSR count). The Kier molecular flexibility index (Phi) is 5.74. The Balaban J connectivity index is 1.78. The summed E-state index contributed by atoms with van der Waals surface area (Å²) in [6.45, 7) is 0. The first-order valence-corrected chi connectivity index (χ1v) is 7.54. The smallest absolute Gasteiger partial charge is 0.303 e. The number of aromatic nitrogens is 2. The van der Waals surface area contributed by atoms with Crippen LogP contribution in [0, 0.1) is 5.82 Å². The highest BCUT2D eigenvalue weighted by molar-refractivity contribution is 7.98. The van der Waals surface area contributed by atoms with Crippen LogP contribution in [0.3, 0.4) is 0 Å². The molecule has 0 spiro atoms. The first kappa shape index (κ1) is 15.5. The molecular formula is C14H15FN2O3S.